The highest BCUT2D eigenvalue weighted by Crippen LogP contribution is 2.22. The first-order valence-electron chi connectivity index (χ1n) is 6.63. The molecule has 1 amide bonds. The second kappa shape index (κ2) is 6.41. The number of hydrogen-bond acceptors (Lipinski definition) is 4. The monoisotopic (exact) mass is 277 g/mol. The molecule has 0 N–H and O–H groups in total. The quantitative estimate of drug-likeness (QED) is 0.760. The zero-order chi connectivity index (χ0) is 14.5. The standard InChI is InChI=1S/C15H19NO4/c1-19-13-6-4-3-5-11(13)7-8-16-10-12(9-14(16)17)15(18)20-2/h3-6,12H,7-10H2,1-2H3. The van der Waals surface area contributed by atoms with E-state index in [1.165, 1.54) is 7.11 Å². The molecule has 0 spiro atoms. The van der Waals surface area contributed by atoms with Gasteiger partial charge in [-0.3, -0.25) is 9.59 Å². The molecule has 1 saturated heterocycles. The number of rotatable bonds is 5. The Bertz CT molecular complexity index is 500. The van der Waals surface area contributed by atoms with Crippen LogP contribution in [0.1, 0.15) is 12.0 Å². The van der Waals surface area contributed by atoms with Crippen LogP contribution in [0.3, 0.4) is 0 Å². The summed E-state index contributed by atoms with van der Waals surface area (Å²) >= 11 is 0. The molecule has 0 saturated carbocycles. The van der Waals surface area contributed by atoms with Crippen LogP contribution in [0.4, 0.5) is 0 Å². The van der Waals surface area contributed by atoms with E-state index in [4.69, 9.17) is 9.47 Å². The molecule has 1 aromatic rings. The summed E-state index contributed by atoms with van der Waals surface area (Å²) in [6.07, 6.45) is 0.961. The molecule has 2 rings (SSSR count). The molecule has 1 aliphatic rings. The molecule has 1 fully saturated rings. The van der Waals surface area contributed by atoms with Crippen molar-refractivity contribution in [1.29, 1.82) is 0 Å². The summed E-state index contributed by atoms with van der Waals surface area (Å²) in [6.45, 7) is 1.04. The third kappa shape index (κ3) is 3.10. The highest BCUT2D eigenvalue weighted by Gasteiger charge is 2.34. The molecule has 0 aliphatic carbocycles. The van der Waals surface area contributed by atoms with Crippen molar-refractivity contribution in [2.24, 2.45) is 5.92 Å². The number of carbonyl (C=O) groups is 2. The number of amides is 1. The van der Waals surface area contributed by atoms with Gasteiger partial charge < -0.3 is 14.4 Å². The number of ether oxygens (including phenoxy) is 2. The SMILES string of the molecule is COC(=O)C1CC(=O)N(CCc2ccccc2OC)C1. The lowest BCUT2D eigenvalue weighted by Gasteiger charge is -2.17. The van der Waals surface area contributed by atoms with E-state index in [0.29, 0.717) is 19.5 Å². The van der Waals surface area contributed by atoms with Gasteiger partial charge in [0.25, 0.3) is 0 Å². The maximum atomic E-state index is 11.9. The fourth-order valence-electron chi connectivity index (χ4n) is 2.48. The van der Waals surface area contributed by atoms with Gasteiger partial charge in [-0.2, -0.15) is 0 Å². The van der Waals surface area contributed by atoms with Gasteiger partial charge in [0.05, 0.1) is 20.1 Å². The molecule has 1 heterocycles. The first-order chi connectivity index (χ1) is 9.65. The largest absolute Gasteiger partial charge is 0.496 e. The first-order valence-corrected chi connectivity index (χ1v) is 6.63. The van der Waals surface area contributed by atoms with Crippen LogP contribution in [0.5, 0.6) is 5.75 Å². The van der Waals surface area contributed by atoms with E-state index in [0.717, 1.165) is 11.3 Å². The Morgan fingerprint density at radius 1 is 1.35 bits per heavy atom. The minimum absolute atomic E-state index is 0.00954. The van der Waals surface area contributed by atoms with Crippen LogP contribution >= 0.6 is 0 Å². The Hall–Kier alpha value is -2.04. The van der Waals surface area contributed by atoms with Crippen molar-refractivity contribution >= 4 is 11.9 Å². The summed E-state index contributed by atoms with van der Waals surface area (Å²) in [6, 6.07) is 7.74. The molecule has 0 aromatic heterocycles. The number of methoxy groups -OCH3 is 2. The zero-order valence-electron chi connectivity index (χ0n) is 11.8. The Morgan fingerprint density at radius 3 is 2.80 bits per heavy atom. The lowest BCUT2D eigenvalue weighted by atomic mass is 10.1. The lowest BCUT2D eigenvalue weighted by molar-refractivity contribution is -0.145. The van der Waals surface area contributed by atoms with Crippen LogP contribution in [0, 0.1) is 5.92 Å². The Labute approximate surface area is 118 Å². The molecular weight excluding hydrogens is 258 g/mol. The normalized spacial score (nSPS) is 18.2. The van der Waals surface area contributed by atoms with Crippen molar-refractivity contribution < 1.29 is 19.1 Å². The Kier molecular flexibility index (Phi) is 4.61. The van der Waals surface area contributed by atoms with E-state index in [2.05, 4.69) is 0 Å². The van der Waals surface area contributed by atoms with Crippen molar-refractivity contribution in [2.45, 2.75) is 12.8 Å². The minimum Gasteiger partial charge on any atom is -0.496 e. The number of hydrogen-bond donors (Lipinski definition) is 0. The molecule has 1 unspecified atom stereocenters. The second-order valence-corrected chi connectivity index (χ2v) is 4.83. The highest BCUT2D eigenvalue weighted by molar-refractivity contribution is 5.86. The smallest absolute Gasteiger partial charge is 0.310 e. The molecule has 5 nitrogen and oxygen atoms in total. The van der Waals surface area contributed by atoms with Gasteiger partial charge in [-0.1, -0.05) is 18.2 Å². The van der Waals surface area contributed by atoms with Gasteiger partial charge in [0.2, 0.25) is 5.91 Å². The molecular formula is C15H19NO4. The molecule has 20 heavy (non-hydrogen) atoms. The van der Waals surface area contributed by atoms with Crippen molar-refractivity contribution in [1.82, 2.24) is 4.90 Å². The second-order valence-electron chi connectivity index (χ2n) is 4.83. The summed E-state index contributed by atoms with van der Waals surface area (Å²) in [5, 5.41) is 0. The van der Waals surface area contributed by atoms with Gasteiger partial charge in [0, 0.05) is 19.5 Å². The number of benzene rings is 1. The van der Waals surface area contributed by atoms with Gasteiger partial charge in [0.1, 0.15) is 5.75 Å². The summed E-state index contributed by atoms with van der Waals surface area (Å²) in [5.74, 6) is 0.197. The number of para-hydroxylation sites is 1. The van der Waals surface area contributed by atoms with Crippen molar-refractivity contribution in [3.05, 3.63) is 29.8 Å². The van der Waals surface area contributed by atoms with Crippen molar-refractivity contribution in [3.63, 3.8) is 0 Å². The minimum atomic E-state index is -0.329. The summed E-state index contributed by atoms with van der Waals surface area (Å²) in [7, 11) is 2.98. The maximum Gasteiger partial charge on any atom is 0.310 e. The third-order valence-corrected chi connectivity index (χ3v) is 3.59. The number of carbonyl (C=O) groups excluding carboxylic acids is 2. The van der Waals surface area contributed by atoms with E-state index >= 15 is 0 Å². The molecule has 0 bridgehead atoms. The fraction of sp³-hybridized carbons (Fsp3) is 0.467. The molecule has 5 heteroatoms. The first kappa shape index (κ1) is 14.4. The molecule has 1 atom stereocenters. The third-order valence-electron chi connectivity index (χ3n) is 3.59. The maximum absolute atomic E-state index is 11.9. The number of likely N-dealkylation sites (tertiary alicyclic amines) is 1. The van der Waals surface area contributed by atoms with Crippen LogP contribution in [-0.4, -0.2) is 44.1 Å². The number of nitrogens with zero attached hydrogens (tertiary/aromatic N) is 1. The lowest BCUT2D eigenvalue weighted by Crippen LogP contribution is -2.28. The van der Waals surface area contributed by atoms with E-state index in [1.54, 1.807) is 12.0 Å². The van der Waals surface area contributed by atoms with Crippen LogP contribution in [0.15, 0.2) is 24.3 Å². The average molecular weight is 277 g/mol. The van der Waals surface area contributed by atoms with E-state index in [9.17, 15) is 9.59 Å². The molecule has 0 radical (unpaired) electrons. The topological polar surface area (TPSA) is 55.8 Å². The van der Waals surface area contributed by atoms with Gasteiger partial charge in [0.15, 0.2) is 0 Å². The van der Waals surface area contributed by atoms with E-state index < -0.39 is 0 Å². The highest BCUT2D eigenvalue weighted by atomic mass is 16.5. The fourth-order valence-corrected chi connectivity index (χ4v) is 2.48. The van der Waals surface area contributed by atoms with Gasteiger partial charge in [-0.15, -0.1) is 0 Å². The van der Waals surface area contributed by atoms with Crippen LogP contribution < -0.4 is 4.74 Å². The Morgan fingerprint density at radius 2 is 2.10 bits per heavy atom. The van der Waals surface area contributed by atoms with Crippen LogP contribution in [-0.2, 0) is 20.7 Å². The molecule has 1 aliphatic heterocycles. The van der Waals surface area contributed by atoms with Crippen molar-refractivity contribution in [2.75, 3.05) is 27.3 Å². The van der Waals surface area contributed by atoms with E-state index in [-0.39, 0.29) is 24.2 Å². The van der Waals surface area contributed by atoms with E-state index in [1.807, 2.05) is 24.3 Å². The van der Waals surface area contributed by atoms with Gasteiger partial charge >= 0.3 is 5.97 Å². The summed E-state index contributed by atoms with van der Waals surface area (Å²) < 4.78 is 9.98. The summed E-state index contributed by atoms with van der Waals surface area (Å²) in [4.78, 5) is 25.0. The van der Waals surface area contributed by atoms with Crippen molar-refractivity contribution in [3.8, 4) is 5.75 Å². The molecule has 108 valence electrons. The predicted molar refractivity (Wildman–Crippen MR) is 73.4 cm³/mol. The van der Waals surface area contributed by atoms with Crippen LogP contribution in [0.25, 0.3) is 0 Å². The van der Waals surface area contributed by atoms with Gasteiger partial charge in [-0.25, -0.2) is 0 Å². The van der Waals surface area contributed by atoms with Crippen LogP contribution in [0.2, 0.25) is 0 Å². The number of esters is 1. The predicted octanol–water partition coefficient (Wildman–Crippen LogP) is 1.26. The zero-order valence-corrected chi connectivity index (χ0v) is 11.8. The molecule has 1 aromatic carbocycles. The Balaban J connectivity index is 1.94. The summed E-state index contributed by atoms with van der Waals surface area (Å²) in [5.41, 5.74) is 1.06. The average Bonchev–Trinajstić information content (AvgIpc) is 2.85. The van der Waals surface area contributed by atoms with Gasteiger partial charge in [-0.05, 0) is 18.1 Å².